The molecule has 0 atom stereocenters. The van der Waals surface area contributed by atoms with E-state index in [-0.39, 0.29) is 23.3 Å². The van der Waals surface area contributed by atoms with Gasteiger partial charge in [-0.2, -0.15) is 8.42 Å². The van der Waals surface area contributed by atoms with Gasteiger partial charge in [-0.05, 0) is 42.5 Å². The predicted octanol–water partition coefficient (Wildman–Crippen LogP) is 4.09. The van der Waals surface area contributed by atoms with Crippen molar-refractivity contribution in [3.8, 4) is 17.0 Å². The third kappa shape index (κ3) is 5.80. The molecule has 2 N–H and O–H groups in total. The number of ether oxygens (including phenoxy) is 1. The van der Waals surface area contributed by atoms with Crippen molar-refractivity contribution in [3.05, 3.63) is 58.6 Å². The number of sulfonamides is 1. The average Bonchev–Trinajstić information content (AvgIpc) is 2.81. The summed E-state index contributed by atoms with van der Waals surface area (Å²) >= 11 is 12.7. The second kappa shape index (κ2) is 10.8. The molecule has 3 aromatic rings. The Labute approximate surface area is 208 Å². The molecule has 1 aliphatic rings. The van der Waals surface area contributed by atoms with Crippen LogP contribution in [0.1, 0.15) is 0 Å². The molecule has 12 heteroatoms. The summed E-state index contributed by atoms with van der Waals surface area (Å²) in [7, 11) is -2.44. The minimum atomic E-state index is -3.98. The third-order valence-electron chi connectivity index (χ3n) is 4.94. The monoisotopic (exact) mass is 529 g/mol. The fourth-order valence-electron chi connectivity index (χ4n) is 3.31. The Morgan fingerprint density at radius 1 is 1.03 bits per heavy atom. The van der Waals surface area contributed by atoms with Crippen molar-refractivity contribution < 1.29 is 13.2 Å². The first-order valence-corrected chi connectivity index (χ1v) is 12.1. The Morgan fingerprint density at radius 2 is 1.76 bits per heavy atom. The molecular weight excluding hydrogens is 509 g/mol. The maximum absolute atomic E-state index is 13.0. The molecule has 0 saturated carbocycles. The highest BCUT2D eigenvalue weighted by Gasteiger charge is 2.21. The van der Waals surface area contributed by atoms with E-state index < -0.39 is 10.0 Å². The average molecular weight is 531 g/mol. The van der Waals surface area contributed by atoms with Crippen molar-refractivity contribution in [1.29, 1.82) is 0 Å². The summed E-state index contributed by atoms with van der Waals surface area (Å²) in [5, 5.41) is 3.90. The van der Waals surface area contributed by atoms with Gasteiger partial charge in [0.1, 0.15) is 17.4 Å². The number of hydrogen-bond acceptors (Lipinski definition) is 7. The molecule has 33 heavy (non-hydrogen) atoms. The Balaban J connectivity index is 0.00000306. The smallest absolute Gasteiger partial charge is 0.280 e. The van der Waals surface area contributed by atoms with E-state index in [4.69, 9.17) is 27.9 Å². The molecule has 3 heterocycles. The van der Waals surface area contributed by atoms with Gasteiger partial charge >= 0.3 is 0 Å². The van der Waals surface area contributed by atoms with Gasteiger partial charge in [0.15, 0.2) is 5.03 Å². The van der Waals surface area contributed by atoms with Crippen LogP contribution in [0.25, 0.3) is 11.3 Å². The van der Waals surface area contributed by atoms with Crippen LogP contribution in [0.4, 0.5) is 11.6 Å². The van der Waals surface area contributed by atoms with Gasteiger partial charge in [0.2, 0.25) is 0 Å². The summed E-state index contributed by atoms with van der Waals surface area (Å²) < 4.78 is 33.8. The maximum atomic E-state index is 13.0. The van der Waals surface area contributed by atoms with Gasteiger partial charge in [-0.15, -0.1) is 12.4 Å². The summed E-state index contributed by atoms with van der Waals surface area (Å²) in [5.74, 6) is 1.28. The fourth-order valence-corrected chi connectivity index (χ4v) is 4.69. The number of aromatic nitrogens is 2. The van der Waals surface area contributed by atoms with E-state index in [1.165, 1.54) is 19.2 Å². The molecule has 2 aromatic heterocycles. The van der Waals surface area contributed by atoms with Crippen LogP contribution in [0.2, 0.25) is 10.0 Å². The summed E-state index contributed by atoms with van der Waals surface area (Å²) in [6.45, 7) is 3.16. The minimum absolute atomic E-state index is 0. The lowest BCUT2D eigenvalue weighted by Gasteiger charge is -2.28. The topological polar surface area (TPSA) is 96.4 Å². The largest absolute Gasteiger partial charge is 0.497 e. The first-order chi connectivity index (χ1) is 15.4. The van der Waals surface area contributed by atoms with Crippen molar-refractivity contribution in [3.63, 3.8) is 0 Å². The van der Waals surface area contributed by atoms with E-state index in [0.29, 0.717) is 32.9 Å². The second-order valence-electron chi connectivity index (χ2n) is 7.05. The number of piperazine rings is 1. The molecule has 4 rings (SSSR count). The van der Waals surface area contributed by atoms with Crippen LogP contribution in [-0.4, -0.2) is 51.7 Å². The molecule has 8 nitrogen and oxygen atoms in total. The van der Waals surface area contributed by atoms with Crippen LogP contribution >= 0.6 is 35.6 Å². The zero-order chi connectivity index (χ0) is 22.7. The number of halogens is 3. The van der Waals surface area contributed by atoms with Gasteiger partial charge in [-0.3, -0.25) is 4.72 Å². The second-order valence-corrected chi connectivity index (χ2v) is 9.49. The standard InChI is InChI=1S/C21H21Cl2N5O3S.ClH/c1-31-14-5-6-16(22)15(13-14)21-17(23)7-8-18(25-21)27-32(29,30)20-4-2-3-19(26-20)28-11-9-24-10-12-28;/h2-8,13,24H,9-12H2,1H3,(H,25,27);1H. The Morgan fingerprint density at radius 3 is 2.48 bits per heavy atom. The number of benzene rings is 1. The first-order valence-electron chi connectivity index (χ1n) is 9.83. The highest BCUT2D eigenvalue weighted by atomic mass is 35.5. The van der Waals surface area contributed by atoms with Gasteiger partial charge in [0.25, 0.3) is 10.0 Å². The molecule has 1 saturated heterocycles. The number of anilines is 2. The van der Waals surface area contributed by atoms with Crippen LogP contribution < -0.4 is 19.7 Å². The highest BCUT2D eigenvalue weighted by Crippen LogP contribution is 2.35. The van der Waals surface area contributed by atoms with E-state index in [1.54, 1.807) is 36.4 Å². The van der Waals surface area contributed by atoms with Crippen molar-refractivity contribution in [2.24, 2.45) is 0 Å². The summed E-state index contributed by atoms with van der Waals surface area (Å²) in [6.07, 6.45) is 0. The SMILES string of the molecule is COc1ccc(Cl)c(-c2nc(NS(=O)(=O)c3cccc(N4CCNCC4)n3)ccc2Cl)c1.Cl. The van der Waals surface area contributed by atoms with Gasteiger partial charge < -0.3 is 15.0 Å². The van der Waals surface area contributed by atoms with E-state index in [1.807, 2.05) is 4.90 Å². The van der Waals surface area contributed by atoms with Crippen LogP contribution in [-0.2, 0) is 10.0 Å². The number of pyridine rings is 2. The fraction of sp³-hybridized carbons (Fsp3) is 0.238. The van der Waals surface area contributed by atoms with E-state index >= 15 is 0 Å². The highest BCUT2D eigenvalue weighted by molar-refractivity contribution is 7.92. The van der Waals surface area contributed by atoms with Crippen molar-refractivity contribution in [1.82, 2.24) is 15.3 Å². The molecule has 1 aromatic carbocycles. The lowest BCUT2D eigenvalue weighted by Crippen LogP contribution is -2.44. The quantitative estimate of drug-likeness (QED) is 0.495. The lowest BCUT2D eigenvalue weighted by molar-refractivity contribution is 0.415. The van der Waals surface area contributed by atoms with E-state index in [0.717, 1.165) is 26.2 Å². The number of nitrogens with one attached hydrogen (secondary N) is 2. The van der Waals surface area contributed by atoms with Crippen LogP contribution in [0.5, 0.6) is 5.75 Å². The van der Waals surface area contributed by atoms with E-state index in [2.05, 4.69) is 20.0 Å². The number of rotatable bonds is 6. The summed E-state index contributed by atoms with van der Waals surface area (Å²) in [6, 6.07) is 13.0. The molecule has 0 aliphatic carbocycles. The van der Waals surface area contributed by atoms with Gasteiger partial charge in [0.05, 0.1) is 22.8 Å². The van der Waals surface area contributed by atoms with Crippen LogP contribution in [0, 0.1) is 0 Å². The van der Waals surface area contributed by atoms with Gasteiger partial charge in [-0.1, -0.05) is 29.3 Å². The maximum Gasteiger partial charge on any atom is 0.280 e. The Kier molecular flexibility index (Phi) is 8.25. The molecule has 1 aliphatic heterocycles. The summed E-state index contributed by atoms with van der Waals surface area (Å²) in [4.78, 5) is 10.8. The molecule has 176 valence electrons. The normalized spacial score (nSPS) is 13.8. The van der Waals surface area contributed by atoms with Gasteiger partial charge in [0, 0.05) is 31.7 Å². The number of nitrogens with zero attached hydrogens (tertiary/aromatic N) is 3. The third-order valence-corrected chi connectivity index (χ3v) is 6.83. The van der Waals surface area contributed by atoms with Crippen LogP contribution in [0.15, 0.2) is 53.6 Å². The zero-order valence-corrected chi connectivity index (χ0v) is 20.7. The molecule has 0 amide bonds. The Hall–Kier alpha value is -2.30. The van der Waals surface area contributed by atoms with E-state index in [9.17, 15) is 8.42 Å². The number of methoxy groups -OCH3 is 1. The molecule has 0 spiro atoms. The Bertz CT molecular complexity index is 1240. The van der Waals surface area contributed by atoms with Gasteiger partial charge in [-0.25, -0.2) is 9.97 Å². The lowest BCUT2D eigenvalue weighted by atomic mass is 10.1. The zero-order valence-electron chi connectivity index (χ0n) is 17.6. The number of hydrogen-bond donors (Lipinski definition) is 2. The predicted molar refractivity (Wildman–Crippen MR) is 134 cm³/mol. The molecular formula is C21H22Cl3N5O3S. The molecule has 0 bridgehead atoms. The molecule has 0 radical (unpaired) electrons. The van der Waals surface area contributed by atoms with Crippen molar-refractivity contribution in [2.45, 2.75) is 5.03 Å². The molecule has 0 unspecified atom stereocenters. The van der Waals surface area contributed by atoms with Crippen LogP contribution in [0.3, 0.4) is 0 Å². The first kappa shape index (κ1) is 25.3. The minimum Gasteiger partial charge on any atom is -0.497 e. The summed E-state index contributed by atoms with van der Waals surface area (Å²) in [5.41, 5.74) is 0.856. The van der Waals surface area contributed by atoms with Crippen molar-refractivity contribution in [2.75, 3.05) is 42.9 Å². The molecule has 1 fully saturated rings. The van der Waals surface area contributed by atoms with Crippen molar-refractivity contribution >= 4 is 57.3 Å².